The SMILES string of the molecule is Cc1ccn2c(CNCC3CCOC3c3cnn(C)c3)cnc2c1. The van der Waals surface area contributed by atoms with Crippen molar-refractivity contribution >= 4 is 5.65 Å². The van der Waals surface area contributed by atoms with Crippen LogP contribution in [0.25, 0.3) is 5.65 Å². The highest BCUT2D eigenvalue weighted by Crippen LogP contribution is 2.33. The van der Waals surface area contributed by atoms with Crippen LogP contribution in [0.2, 0.25) is 0 Å². The molecule has 2 unspecified atom stereocenters. The molecule has 1 aliphatic rings. The average Bonchev–Trinajstić information content (AvgIpc) is 3.27. The number of hydrogen-bond donors (Lipinski definition) is 1. The molecule has 2 atom stereocenters. The first-order valence-corrected chi connectivity index (χ1v) is 8.44. The number of nitrogens with one attached hydrogen (secondary N) is 1. The van der Waals surface area contributed by atoms with Gasteiger partial charge in [-0.05, 0) is 31.0 Å². The molecule has 6 nitrogen and oxygen atoms in total. The van der Waals surface area contributed by atoms with Gasteiger partial charge in [0.25, 0.3) is 0 Å². The number of nitrogens with zero attached hydrogens (tertiary/aromatic N) is 4. The summed E-state index contributed by atoms with van der Waals surface area (Å²) < 4.78 is 9.90. The van der Waals surface area contributed by atoms with Crippen molar-refractivity contribution in [2.24, 2.45) is 13.0 Å². The Morgan fingerprint density at radius 1 is 1.38 bits per heavy atom. The lowest BCUT2D eigenvalue weighted by molar-refractivity contribution is 0.0903. The van der Waals surface area contributed by atoms with Crippen LogP contribution in [0.3, 0.4) is 0 Å². The van der Waals surface area contributed by atoms with Gasteiger partial charge in [0.2, 0.25) is 0 Å². The molecule has 0 amide bonds. The van der Waals surface area contributed by atoms with E-state index in [1.54, 1.807) is 0 Å². The molecular formula is C18H23N5O. The smallest absolute Gasteiger partial charge is 0.137 e. The molecule has 3 aromatic rings. The zero-order valence-electron chi connectivity index (χ0n) is 14.1. The van der Waals surface area contributed by atoms with Crippen LogP contribution in [0, 0.1) is 12.8 Å². The van der Waals surface area contributed by atoms with Gasteiger partial charge in [-0.25, -0.2) is 4.98 Å². The summed E-state index contributed by atoms with van der Waals surface area (Å²) in [6, 6.07) is 4.22. The van der Waals surface area contributed by atoms with Crippen molar-refractivity contribution in [2.75, 3.05) is 13.2 Å². The summed E-state index contributed by atoms with van der Waals surface area (Å²) in [5.41, 5.74) is 4.59. The minimum atomic E-state index is 0.149. The molecule has 1 saturated heterocycles. The van der Waals surface area contributed by atoms with Gasteiger partial charge in [0, 0.05) is 50.6 Å². The van der Waals surface area contributed by atoms with Crippen LogP contribution in [0.1, 0.15) is 29.3 Å². The summed E-state index contributed by atoms with van der Waals surface area (Å²) >= 11 is 0. The molecule has 24 heavy (non-hydrogen) atoms. The highest BCUT2D eigenvalue weighted by atomic mass is 16.5. The number of imidazole rings is 1. The molecule has 0 aliphatic carbocycles. The minimum absolute atomic E-state index is 0.149. The standard InChI is InChI=1S/C18H23N5O/c1-13-3-5-23-16(11-20-17(23)7-13)10-19-8-14-4-6-24-18(14)15-9-21-22(2)12-15/h3,5,7,9,11-12,14,18-19H,4,6,8,10H2,1-2H3. The Labute approximate surface area is 141 Å². The lowest BCUT2D eigenvalue weighted by Crippen LogP contribution is -2.25. The molecule has 0 saturated carbocycles. The first-order valence-electron chi connectivity index (χ1n) is 8.44. The Bertz CT molecular complexity index is 837. The number of pyridine rings is 1. The second-order valence-electron chi connectivity index (χ2n) is 6.60. The first kappa shape index (κ1) is 15.4. The molecular weight excluding hydrogens is 302 g/mol. The van der Waals surface area contributed by atoms with Crippen LogP contribution >= 0.6 is 0 Å². The Morgan fingerprint density at radius 2 is 2.29 bits per heavy atom. The summed E-state index contributed by atoms with van der Waals surface area (Å²) in [5.74, 6) is 0.482. The maximum Gasteiger partial charge on any atom is 0.137 e. The fraction of sp³-hybridized carbons (Fsp3) is 0.444. The monoisotopic (exact) mass is 325 g/mol. The molecule has 126 valence electrons. The van der Waals surface area contributed by atoms with Crippen LogP contribution in [-0.2, 0) is 18.3 Å². The molecule has 0 aromatic carbocycles. The van der Waals surface area contributed by atoms with Gasteiger partial charge in [-0.2, -0.15) is 5.10 Å². The molecule has 4 rings (SSSR count). The fourth-order valence-electron chi connectivity index (χ4n) is 3.45. The van der Waals surface area contributed by atoms with Crippen LogP contribution < -0.4 is 5.32 Å². The molecule has 6 heteroatoms. The lowest BCUT2D eigenvalue weighted by atomic mass is 9.97. The normalized spacial score (nSPS) is 20.9. The summed E-state index contributed by atoms with van der Waals surface area (Å²) in [5, 5.41) is 7.84. The van der Waals surface area contributed by atoms with Crippen LogP contribution in [0.4, 0.5) is 0 Å². The van der Waals surface area contributed by atoms with Crippen LogP contribution in [0.15, 0.2) is 36.9 Å². The molecule has 0 bridgehead atoms. The number of rotatable bonds is 5. The Balaban J connectivity index is 1.39. The second-order valence-corrected chi connectivity index (χ2v) is 6.60. The Kier molecular flexibility index (Phi) is 4.08. The zero-order valence-corrected chi connectivity index (χ0v) is 14.1. The van der Waals surface area contributed by atoms with E-state index in [0.29, 0.717) is 5.92 Å². The number of aryl methyl sites for hydroxylation is 2. The van der Waals surface area contributed by atoms with E-state index < -0.39 is 0 Å². The Hall–Kier alpha value is -2.18. The van der Waals surface area contributed by atoms with Crippen molar-refractivity contribution in [3.63, 3.8) is 0 Å². The van der Waals surface area contributed by atoms with E-state index in [1.807, 2.05) is 24.1 Å². The summed E-state index contributed by atoms with van der Waals surface area (Å²) in [4.78, 5) is 4.48. The molecule has 1 fully saturated rings. The third-order valence-electron chi connectivity index (χ3n) is 4.73. The van der Waals surface area contributed by atoms with Crippen molar-refractivity contribution in [3.8, 4) is 0 Å². The predicted molar refractivity (Wildman–Crippen MR) is 91.6 cm³/mol. The predicted octanol–water partition coefficient (Wildman–Crippen LogP) is 2.24. The third-order valence-corrected chi connectivity index (χ3v) is 4.73. The topological polar surface area (TPSA) is 56.4 Å². The van der Waals surface area contributed by atoms with Crippen molar-refractivity contribution in [2.45, 2.75) is 26.0 Å². The summed E-state index contributed by atoms with van der Waals surface area (Å²) in [6.45, 7) is 4.64. The van der Waals surface area contributed by atoms with Crippen LogP contribution in [0.5, 0.6) is 0 Å². The first-order chi connectivity index (χ1) is 11.7. The van der Waals surface area contributed by atoms with E-state index in [-0.39, 0.29) is 6.10 Å². The average molecular weight is 325 g/mol. The summed E-state index contributed by atoms with van der Waals surface area (Å²) in [7, 11) is 1.94. The van der Waals surface area contributed by atoms with Gasteiger partial charge in [-0.15, -0.1) is 0 Å². The largest absolute Gasteiger partial charge is 0.373 e. The number of ether oxygens (including phenoxy) is 1. The number of fused-ring (bicyclic) bond motifs is 1. The van der Waals surface area contributed by atoms with Gasteiger partial charge < -0.3 is 14.5 Å². The van der Waals surface area contributed by atoms with Gasteiger partial charge in [-0.3, -0.25) is 4.68 Å². The number of hydrogen-bond acceptors (Lipinski definition) is 4. The van der Waals surface area contributed by atoms with E-state index in [1.165, 1.54) is 16.8 Å². The van der Waals surface area contributed by atoms with Crippen molar-refractivity contribution in [1.82, 2.24) is 24.5 Å². The van der Waals surface area contributed by atoms with E-state index in [2.05, 4.69) is 51.3 Å². The van der Waals surface area contributed by atoms with Crippen LogP contribution in [-0.4, -0.2) is 32.3 Å². The van der Waals surface area contributed by atoms with E-state index in [9.17, 15) is 0 Å². The van der Waals surface area contributed by atoms with Gasteiger partial charge in [0.1, 0.15) is 5.65 Å². The van der Waals surface area contributed by atoms with Gasteiger partial charge >= 0.3 is 0 Å². The quantitative estimate of drug-likeness (QED) is 0.782. The highest BCUT2D eigenvalue weighted by molar-refractivity contribution is 5.42. The second kappa shape index (κ2) is 6.37. The lowest BCUT2D eigenvalue weighted by Gasteiger charge is -2.17. The summed E-state index contributed by atoms with van der Waals surface area (Å²) in [6.07, 6.45) is 9.23. The molecule has 1 N–H and O–H groups in total. The maximum atomic E-state index is 5.93. The van der Waals surface area contributed by atoms with Crippen molar-refractivity contribution < 1.29 is 4.74 Å². The Morgan fingerprint density at radius 3 is 3.12 bits per heavy atom. The third kappa shape index (κ3) is 2.95. The van der Waals surface area contributed by atoms with Gasteiger partial charge in [0.15, 0.2) is 0 Å². The molecule has 1 aliphatic heterocycles. The molecule has 0 radical (unpaired) electrons. The van der Waals surface area contributed by atoms with E-state index in [4.69, 9.17) is 4.74 Å². The minimum Gasteiger partial charge on any atom is -0.373 e. The zero-order chi connectivity index (χ0) is 16.5. The molecule has 0 spiro atoms. The number of aromatic nitrogens is 4. The van der Waals surface area contributed by atoms with Crippen molar-refractivity contribution in [3.05, 3.63) is 53.7 Å². The molecule has 3 aromatic heterocycles. The molecule has 4 heterocycles. The van der Waals surface area contributed by atoms with Gasteiger partial charge in [-0.1, -0.05) is 0 Å². The highest BCUT2D eigenvalue weighted by Gasteiger charge is 2.30. The van der Waals surface area contributed by atoms with E-state index >= 15 is 0 Å². The van der Waals surface area contributed by atoms with Crippen molar-refractivity contribution in [1.29, 1.82) is 0 Å². The van der Waals surface area contributed by atoms with E-state index in [0.717, 1.165) is 31.8 Å². The fourth-order valence-corrected chi connectivity index (χ4v) is 3.45. The van der Waals surface area contributed by atoms with Gasteiger partial charge in [0.05, 0.1) is 24.2 Å². The maximum absolute atomic E-state index is 5.93.